The molecule has 0 N–H and O–H groups in total. The summed E-state index contributed by atoms with van der Waals surface area (Å²) in [5.74, 6) is 1.40. The van der Waals surface area contributed by atoms with Crippen molar-refractivity contribution in [3.63, 3.8) is 0 Å². The minimum atomic E-state index is 0.0543. The van der Waals surface area contributed by atoms with E-state index in [1.54, 1.807) is 11.8 Å². The molecule has 1 atom stereocenters. The molecule has 0 fully saturated rings. The quantitative estimate of drug-likeness (QED) is 0.656. The normalized spacial score (nSPS) is 12.9. The Kier molecular flexibility index (Phi) is 6.89. The zero-order valence-corrected chi connectivity index (χ0v) is 10.3. The average molecular weight is 216 g/mol. The smallest absolute Gasteiger partial charge is 0.136 e. The minimum absolute atomic E-state index is 0.0543. The van der Waals surface area contributed by atoms with Gasteiger partial charge in [0.05, 0.1) is 0 Å². The average Bonchev–Trinajstić information content (AvgIpc) is 2.13. The highest BCUT2D eigenvalue weighted by atomic mass is 32.2. The maximum Gasteiger partial charge on any atom is 0.136 e. The molecular formula is C11H20O2S. The van der Waals surface area contributed by atoms with Crippen molar-refractivity contribution in [2.45, 2.75) is 33.6 Å². The maximum atomic E-state index is 11.5. The Morgan fingerprint density at radius 3 is 2.00 bits per heavy atom. The third-order valence-electron chi connectivity index (χ3n) is 2.23. The van der Waals surface area contributed by atoms with Gasteiger partial charge in [0.1, 0.15) is 11.6 Å². The van der Waals surface area contributed by atoms with Crippen LogP contribution in [0.5, 0.6) is 0 Å². The Labute approximate surface area is 90.8 Å². The molecule has 0 saturated carbocycles. The summed E-state index contributed by atoms with van der Waals surface area (Å²) in [6, 6.07) is 0. The molecule has 0 aromatic carbocycles. The first-order valence-electron chi connectivity index (χ1n) is 5.03. The molecule has 0 aliphatic rings. The second kappa shape index (κ2) is 7.04. The van der Waals surface area contributed by atoms with Gasteiger partial charge in [-0.25, -0.2) is 0 Å². The van der Waals surface area contributed by atoms with Gasteiger partial charge in [0.15, 0.2) is 0 Å². The van der Waals surface area contributed by atoms with E-state index in [2.05, 4.69) is 0 Å². The van der Waals surface area contributed by atoms with Crippen molar-refractivity contribution in [3.8, 4) is 0 Å². The molecule has 0 spiro atoms. The first kappa shape index (κ1) is 13.7. The maximum absolute atomic E-state index is 11.5. The highest BCUT2D eigenvalue weighted by Crippen LogP contribution is 2.10. The van der Waals surface area contributed by atoms with Gasteiger partial charge in [-0.1, -0.05) is 20.8 Å². The summed E-state index contributed by atoms with van der Waals surface area (Å²) < 4.78 is 0. The molecule has 0 amide bonds. The van der Waals surface area contributed by atoms with E-state index in [9.17, 15) is 9.59 Å². The number of ketones is 2. The molecular weight excluding hydrogens is 196 g/mol. The first-order valence-corrected chi connectivity index (χ1v) is 6.42. The number of carbonyl (C=O) groups excluding carboxylic acids is 2. The number of hydrogen-bond donors (Lipinski definition) is 0. The largest absolute Gasteiger partial charge is 0.299 e. The van der Waals surface area contributed by atoms with Gasteiger partial charge in [-0.15, -0.1) is 0 Å². The topological polar surface area (TPSA) is 34.1 Å². The van der Waals surface area contributed by atoms with Crippen LogP contribution in [0.25, 0.3) is 0 Å². The number of rotatable bonds is 7. The van der Waals surface area contributed by atoms with Crippen LogP contribution in [0, 0.1) is 11.8 Å². The van der Waals surface area contributed by atoms with Crippen LogP contribution in [0.15, 0.2) is 0 Å². The molecule has 0 aliphatic carbocycles. The molecule has 0 bridgehead atoms. The summed E-state index contributed by atoms with van der Waals surface area (Å²) in [6.45, 7) is 5.68. The third-order valence-corrected chi connectivity index (χ3v) is 3.06. The van der Waals surface area contributed by atoms with E-state index >= 15 is 0 Å². The molecule has 0 radical (unpaired) electrons. The first-order chi connectivity index (χ1) is 6.49. The molecule has 1 unspecified atom stereocenters. The Bertz CT molecular complexity index is 199. The Balaban J connectivity index is 3.79. The predicted molar refractivity (Wildman–Crippen MR) is 61.6 cm³/mol. The summed E-state index contributed by atoms with van der Waals surface area (Å²) in [5, 5.41) is 0. The van der Waals surface area contributed by atoms with Crippen molar-refractivity contribution in [1.82, 2.24) is 0 Å². The Hall–Kier alpha value is -0.310. The number of thioether (sulfide) groups is 1. The van der Waals surface area contributed by atoms with Gasteiger partial charge in [-0.05, 0) is 6.26 Å². The molecule has 0 saturated heterocycles. The summed E-state index contributed by atoms with van der Waals surface area (Å²) in [7, 11) is 0. The van der Waals surface area contributed by atoms with E-state index in [1.807, 2.05) is 27.0 Å². The van der Waals surface area contributed by atoms with Gasteiger partial charge < -0.3 is 0 Å². The molecule has 0 aliphatic heterocycles. The lowest BCUT2D eigenvalue weighted by atomic mass is 9.99. The van der Waals surface area contributed by atoms with E-state index < -0.39 is 0 Å². The monoisotopic (exact) mass is 216 g/mol. The van der Waals surface area contributed by atoms with Crippen molar-refractivity contribution in [2.24, 2.45) is 11.8 Å². The SMILES string of the molecule is CSCC(C)C(=O)CCC(=O)C(C)C. The standard InChI is InChI=1S/C11H20O2S/c1-8(2)10(12)5-6-11(13)9(3)7-14-4/h8-9H,5-7H2,1-4H3. The fourth-order valence-electron chi connectivity index (χ4n) is 1.12. The van der Waals surface area contributed by atoms with Crippen LogP contribution in [-0.4, -0.2) is 23.6 Å². The molecule has 0 rings (SSSR count). The van der Waals surface area contributed by atoms with Crippen LogP contribution >= 0.6 is 11.8 Å². The molecule has 0 aromatic rings. The van der Waals surface area contributed by atoms with E-state index in [0.29, 0.717) is 12.8 Å². The van der Waals surface area contributed by atoms with Crippen molar-refractivity contribution >= 4 is 23.3 Å². The highest BCUT2D eigenvalue weighted by molar-refractivity contribution is 7.98. The van der Waals surface area contributed by atoms with Crippen molar-refractivity contribution in [3.05, 3.63) is 0 Å². The molecule has 2 nitrogen and oxygen atoms in total. The fraction of sp³-hybridized carbons (Fsp3) is 0.818. The van der Waals surface area contributed by atoms with Gasteiger partial charge in [0.25, 0.3) is 0 Å². The number of carbonyl (C=O) groups is 2. The summed E-state index contributed by atoms with van der Waals surface area (Å²) in [4.78, 5) is 22.8. The summed E-state index contributed by atoms with van der Waals surface area (Å²) in [5.41, 5.74) is 0. The molecule has 3 heteroatoms. The lowest BCUT2D eigenvalue weighted by Gasteiger charge is -2.08. The summed E-state index contributed by atoms with van der Waals surface area (Å²) in [6.07, 6.45) is 2.82. The second-order valence-corrected chi connectivity index (χ2v) is 4.85. The lowest BCUT2D eigenvalue weighted by molar-refractivity contribution is -0.127. The van der Waals surface area contributed by atoms with Crippen LogP contribution < -0.4 is 0 Å². The minimum Gasteiger partial charge on any atom is -0.299 e. The second-order valence-electron chi connectivity index (χ2n) is 3.94. The van der Waals surface area contributed by atoms with Crippen LogP contribution in [-0.2, 0) is 9.59 Å². The van der Waals surface area contributed by atoms with Gasteiger partial charge in [-0.2, -0.15) is 11.8 Å². The van der Waals surface area contributed by atoms with Crippen molar-refractivity contribution < 1.29 is 9.59 Å². The lowest BCUT2D eigenvalue weighted by Crippen LogP contribution is -2.16. The molecule has 14 heavy (non-hydrogen) atoms. The van der Waals surface area contributed by atoms with E-state index in [4.69, 9.17) is 0 Å². The predicted octanol–water partition coefficient (Wildman–Crippen LogP) is 2.56. The number of Topliss-reactive ketones (excluding diaryl/α,β-unsaturated/α-hetero) is 2. The van der Waals surface area contributed by atoms with E-state index in [0.717, 1.165) is 5.75 Å². The van der Waals surface area contributed by atoms with Gasteiger partial charge in [0, 0.05) is 30.4 Å². The number of hydrogen-bond acceptors (Lipinski definition) is 3. The zero-order chi connectivity index (χ0) is 11.1. The van der Waals surface area contributed by atoms with Gasteiger partial charge in [-0.3, -0.25) is 9.59 Å². The summed E-state index contributed by atoms with van der Waals surface area (Å²) >= 11 is 1.67. The van der Waals surface area contributed by atoms with Crippen molar-refractivity contribution in [1.29, 1.82) is 0 Å². The highest BCUT2D eigenvalue weighted by Gasteiger charge is 2.15. The van der Waals surface area contributed by atoms with Gasteiger partial charge in [0.2, 0.25) is 0 Å². The molecule has 82 valence electrons. The fourth-order valence-corrected chi connectivity index (χ4v) is 1.81. The van der Waals surface area contributed by atoms with Crippen molar-refractivity contribution in [2.75, 3.05) is 12.0 Å². The van der Waals surface area contributed by atoms with Gasteiger partial charge >= 0.3 is 0 Å². The zero-order valence-electron chi connectivity index (χ0n) is 9.50. The van der Waals surface area contributed by atoms with E-state index in [1.165, 1.54) is 0 Å². The Morgan fingerprint density at radius 2 is 1.57 bits per heavy atom. The third kappa shape index (κ3) is 5.43. The van der Waals surface area contributed by atoms with Crippen LogP contribution in [0.4, 0.5) is 0 Å². The van der Waals surface area contributed by atoms with E-state index in [-0.39, 0.29) is 23.4 Å². The molecule has 0 heterocycles. The molecule has 0 aromatic heterocycles. The van der Waals surface area contributed by atoms with Crippen LogP contribution in [0.2, 0.25) is 0 Å². The van der Waals surface area contributed by atoms with Crippen LogP contribution in [0.3, 0.4) is 0 Å². The van der Waals surface area contributed by atoms with Crippen LogP contribution in [0.1, 0.15) is 33.6 Å². The Morgan fingerprint density at radius 1 is 1.07 bits per heavy atom.